The van der Waals surface area contributed by atoms with Gasteiger partial charge in [-0.2, -0.15) is 12.6 Å². The SMILES string of the molecule is CC(C)CC(NC(=O)C(CCC(N)=O)NC(=O)C(CCC(N)=O)NC(=O)C(N)CS)C(=O)O. The highest BCUT2D eigenvalue weighted by Gasteiger charge is 2.30. The van der Waals surface area contributed by atoms with Gasteiger partial charge in [-0.1, -0.05) is 13.8 Å². The van der Waals surface area contributed by atoms with E-state index in [9.17, 15) is 33.9 Å². The standard InChI is InChI=1S/C19H34N6O7S/c1-9(2)7-13(19(31)32)25-18(30)12(4-6-15(22)27)24-17(29)11(3-5-14(21)26)23-16(28)10(20)8-33/h9-13,33H,3-8,20H2,1-2H3,(H2,21,26)(H2,22,27)(H,23,28)(H,24,29)(H,25,30)(H,31,32). The monoisotopic (exact) mass is 490 g/mol. The molecule has 4 atom stereocenters. The van der Waals surface area contributed by atoms with Crippen molar-refractivity contribution in [3.63, 3.8) is 0 Å². The first kappa shape index (κ1) is 30.1. The molecular formula is C19H34N6O7S. The van der Waals surface area contributed by atoms with Crippen LogP contribution in [0.25, 0.3) is 0 Å². The zero-order valence-corrected chi connectivity index (χ0v) is 19.6. The number of amides is 5. The zero-order chi connectivity index (χ0) is 25.7. The average Bonchev–Trinajstić information content (AvgIpc) is 2.71. The Balaban J connectivity index is 5.58. The van der Waals surface area contributed by atoms with E-state index in [0.717, 1.165) is 0 Å². The molecule has 0 spiro atoms. The molecule has 0 fully saturated rings. The normalized spacial score (nSPS) is 14.5. The number of carbonyl (C=O) groups excluding carboxylic acids is 5. The molecule has 14 heteroatoms. The molecule has 5 amide bonds. The number of rotatable bonds is 16. The quantitative estimate of drug-likeness (QED) is 0.106. The Hall–Kier alpha value is -2.87. The van der Waals surface area contributed by atoms with Crippen LogP contribution in [-0.4, -0.2) is 70.5 Å². The van der Waals surface area contributed by atoms with Gasteiger partial charge in [0.15, 0.2) is 0 Å². The van der Waals surface area contributed by atoms with E-state index in [1.807, 2.05) is 0 Å². The second kappa shape index (κ2) is 15.1. The van der Waals surface area contributed by atoms with Gasteiger partial charge in [-0.3, -0.25) is 24.0 Å². The fourth-order valence-corrected chi connectivity index (χ4v) is 2.88. The first-order valence-corrected chi connectivity index (χ1v) is 11.0. The van der Waals surface area contributed by atoms with Crippen LogP contribution in [0.1, 0.15) is 46.0 Å². The Kier molecular flexibility index (Phi) is 13.7. The molecule has 0 aliphatic heterocycles. The van der Waals surface area contributed by atoms with Gasteiger partial charge >= 0.3 is 5.97 Å². The van der Waals surface area contributed by atoms with Crippen LogP contribution in [0.15, 0.2) is 0 Å². The smallest absolute Gasteiger partial charge is 0.326 e. The van der Waals surface area contributed by atoms with Gasteiger partial charge in [-0.15, -0.1) is 0 Å². The Morgan fingerprint density at radius 1 is 0.788 bits per heavy atom. The van der Waals surface area contributed by atoms with E-state index in [0.29, 0.717) is 0 Å². The largest absolute Gasteiger partial charge is 0.480 e. The molecule has 0 saturated heterocycles. The summed E-state index contributed by atoms with van der Waals surface area (Å²) in [5.74, 6) is -5.18. The lowest BCUT2D eigenvalue weighted by atomic mass is 10.0. The van der Waals surface area contributed by atoms with Gasteiger partial charge in [-0.25, -0.2) is 4.79 Å². The summed E-state index contributed by atoms with van der Waals surface area (Å²) in [7, 11) is 0. The van der Waals surface area contributed by atoms with Crippen LogP contribution >= 0.6 is 12.6 Å². The lowest BCUT2D eigenvalue weighted by molar-refractivity contribution is -0.143. The van der Waals surface area contributed by atoms with Gasteiger partial charge in [-0.05, 0) is 25.2 Å². The molecule has 0 heterocycles. The number of carboxylic acid groups (broad SMARTS) is 1. The van der Waals surface area contributed by atoms with Gasteiger partial charge < -0.3 is 38.3 Å². The van der Waals surface area contributed by atoms with E-state index in [2.05, 4.69) is 28.6 Å². The van der Waals surface area contributed by atoms with E-state index in [-0.39, 0.29) is 43.8 Å². The van der Waals surface area contributed by atoms with E-state index < -0.39 is 59.7 Å². The first-order chi connectivity index (χ1) is 15.3. The van der Waals surface area contributed by atoms with Crippen molar-refractivity contribution < 1.29 is 33.9 Å². The second-order valence-corrected chi connectivity index (χ2v) is 8.32. The highest BCUT2D eigenvalue weighted by molar-refractivity contribution is 7.80. The molecule has 0 rings (SSSR count). The fourth-order valence-electron chi connectivity index (χ4n) is 2.71. The molecule has 13 nitrogen and oxygen atoms in total. The molecule has 0 aliphatic rings. The second-order valence-electron chi connectivity index (χ2n) is 7.95. The maximum absolute atomic E-state index is 12.8. The molecule has 0 radical (unpaired) electrons. The van der Waals surface area contributed by atoms with E-state index in [4.69, 9.17) is 17.2 Å². The molecule has 33 heavy (non-hydrogen) atoms. The van der Waals surface area contributed by atoms with Gasteiger partial charge in [0.2, 0.25) is 29.5 Å². The molecule has 0 aliphatic carbocycles. The Morgan fingerprint density at radius 2 is 1.18 bits per heavy atom. The zero-order valence-electron chi connectivity index (χ0n) is 18.7. The number of carbonyl (C=O) groups is 6. The topological polar surface area (TPSA) is 237 Å². The summed E-state index contributed by atoms with van der Waals surface area (Å²) in [6, 6.07) is -4.85. The third kappa shape index (κ3) is 12.7. The Labute approximate surface area is 197 Å². The van der Waals surface area contributed by atoms with Gasteiger partial charge in [0.25, 0.3) is 0 Å². The van der Waals surface area contributed by atoms with Crippen molar-refractivity contribution in [1.29, 1.82) is 0 Å². The van der Waals surface area contributed by atoms with Crippen LogP contribution in [0.3, 0.4) is 0 Å². The van der Waals surface area contributed by atoms with Crippen molar-refractivity contribution in [1.82, 2.24) is 16.0 Å². The lowest BCUT2D eigenvalue weighted by Gasteiger charge is -2.25. The van der Waals surface area contributed by atoms with E-state index in [1.165, 1.54) is 0 Å². The predicted molar refractivity (Wildman–Crippen MR) is 122 cm³/mol. The highest BCUT2D eigenvalue weighted by Crippen LogP contribution is 2.08. The summed E-state index contributed by atoms with van der Waals surface area (Å²) in [5.41, 5.74) is 15.8. The summed E-state index contributed by atoms with van der Waals surface area (Å²) in [4.78, 5) is 71.5. The van der Waals surface area contributed by atoms with Crippen molar-refractivity contribution in [2.24, 2.45) is 23.1 Å². The third-order valence-corrected chi connectivity index (χ3v) is 4.87. The highest BCUT2D eigenvalue weighted by atomic mass is 32.1. The number of carboxylic acids is 1. The summed E-state index contributed by atoms with van der Waals surface area (Å²) in [5, 5.41) is 16.4. The minimum absolute atomic E-state index is 0.00787. The van der Waals surface area contributed by atoms with E-state index in [1.54, 1.807) is 13.8 Å². The minimum atomic E-state index is -1.33. The maximum Gasteiger partial charge on any atom is 0.326 e. The Morgan fingerprint density at radius 3 is 1.52 bits per heavy atom. The van der Waals surface area contributed by atoms with Crippen LogP contribution in [0.5, 0.6) is 0 Å². The summed E-state index contributed by atoms with van der Waals surface area (Å²) in [6.45, 7) is 3.55. The van der Waals surface area contributed by atoms with Crippen LogP contribution in [-0.2, 0) is 28.8 Å². The number of nitrogens with one attached hydrogen (secondary N) is 3. The average molecular weight is 491 g/mol. The molecule has 0 aromatic rings. The van der Waals surface area contributed by atoms with Crippen molar-refractivity contribution in [2.45, 2.75) is 70.1 Å². The Bertz CT molecular complexity index is 733. The first-order valence-electron chi connectivity index (χ1n) is 10.3. The lowest BCUT2D eigenvalue weighted by Crippen LogP contribution is -2.57. The van der Waals surface area contributed by atoms with Gasteiger partial charge in [0.1, 0.15) is 18.1 Å². The maximum atomic E-state index is 12.8. The number of hydrogen-bond acceptors (Lipinski definition) is 8. The molecule has 0 aromatic heterocycles. The van der Waals surface area contributed by atoms with Gasteiger partial charge in [0, 0.05) is 18.6 Å². The van der Waals surface area contributed by atoms with Crippen molar-refractivity contribution in [3.8, 4) is 0 Å². The van der Waals surface area contributed by atoms with Crippen LogP contribution < -0.4 is 33.2 Å². The number of aliphatic carboxylic acids is 1. The summed E-state index contributed by atoms with van der Waals surface area (Å²) >= 11 is 3.91. The molecule has 0 aromatic carbocycles. The molecule has 4 unspecified atom stereocenters. The number of hydrogen-bond donors (Lipinski definition) is 8. The van der Waals surface area contributed by atoms with Crippen LogP contribution in [0.4, 0.5) is 0 Å². The molecule has 0 saturated carbocycles. The summed E-state index contributed by atoms with van der Waals surface area (Å²) < 4.78 is 0. The molecule has 0 bridgehead atoms. The molecule has 188 valence electrons. The number of primary amides is 2. The van der Waals surface area contributed by atoms with Crippen molar-refractivity contribution >= 4 is 48.1 Å². The fraction of sp³-hybridized carbons (Fsp3) is 0.684. The van der Waals surface area contributed by atoms with Gasteiger partial charge in [0.05, 0.1) is 6.04 Å². The molecular weight excluding hydrogens is 456 g/mol. The molecule has 10 N–H and O–H groups in total. The number of nitrogens with two attached hydrogens (primary N) is 3. The third-order valence-electron chi connectivity index (χ3n) is 4.48. The van der Waals surface area contributed by atoms with Crippen LogP contribution in [0.2, 0.25) is 0 Å². The van der Waals surface area contributed by atoms with Crippen molar-refractivity contribution in [2.75, 3.05) is 5.75 Å². The van der Waals surface area contributed by atoms with Crippen LogP contribution in [0, 0.1) is 5.92 Å². The summed E-state index contributed by atoms with van der Waals surface area (Å²) in [6.07, 6.45) is -0.781. The number of thiol groups is 1. The van der Waals surface area contributed by atoms with E-state index >= 15 is 0 Å². The predicted octanol–water partition coefficient (Wildman–Crippen LogP) is -2.64. The minimum Gasteiger partial charge on any atom is -0.480 e. The van der Waals surface area contributed by atoms with Crippen molar-refractivity contribution in [3.05, 3.63) is 0 Å².